The molecule has 0 unspecified atom stereocenters. The summed E-state index contributed by atoms with van der Waals surface area (Å²) in [6, 6.07) is 10.9. The molecule has 6 N–H and O–H groups in total. The molecular weight excluding hydrogens is 240 g/mol. The van der Waals surface area contributed by atoms with E-state index in [1.165, 1.54) is 12.1 Å². The van der Waals surface area contributed by atoms with E-state index in [1.54, 1.807) is 30.3 Å². The molecule has 4 nitrogen and oxygen atoms in total. The molecule has 0 aliphatic carbocycles. The Hall–Kier alpha value is -2.07. The Kier molecular flexibility index (Phi) is 4.48. The highest BCUT2D eigenvalue weighted by atomic mass is 35.5. The lowest BCUT2D eigenvalue weighted by Crippen LogP contribution is -1.81. The second-order valence-corrected chi connectivity index (χ2v) is 3.71. The van der Waals surface area contributed by atoms with Gasteiger partial charge in [0, 0.05) is 11.4 Å². The van der Waals surface area contributed by atoms with Crippen LogP contribution in [0.5, 0.6) is 11.5 Å². The van der Waals surface area contributed by atoms with Crippen molar-refractivity contribution in [2.75, 3.05) is 11.5 Å². The Morgan fingerprint density at radius 3 is 1.76 bits per heavy atom. The third kappa shape index (κ3) is 4.53. The molecule has 0 saturated heterocycles. The lowest BCUT2D eigenvalue weighted by Gasteiger charge is -1.95. The number of phenols is 2. The number of hydrogen-bond acceptors (Lipinski definition) is 4. The van der Waals surface area contributed by atoms with Crippen molar-refractivity contribution in [3.63, 3.8) is 0 Å². The molecule has 0 atom stereocenters. The summed E-state index contributed by atoms with van der Waals surface area (Å²) < 4.78 is 0. The Morgan fingerprint density at radius 2 is 1.35 bits per heavy atom. The van der Waals surface area contributed by atoms with Gasteiger partial charge < -0.3 is 21.7 Å². The van der Waals surface area contributed by atoms with Gasteiger partial charge in [-0.15, -0.1) is 0 Å². The van der Waals surface area contributed by atoms with Crippen LogP contribution in [-0.4, -0.2) is 10.2 Å². The Balaban J connectivity index is 0.000000171. The van der Waals surface area contributed by atoms with Gasteiger partial charge in [0.2, 0.25) is 0 Å². The normalized spacial score (nSPS) is 9.24. The molecule has 0 heterocycles. The molecule has 0 aromatic heterocycles. The Bertz CT molecular complexity index is 465. The van der Waals surface area contributed by atoms with Gasteiger partial charge >= 0.3 is 0 Å². The molecule has 5 heteroatoms. The maximum atomic E-state index is 8.86. The minimum atomic E-state index is 0.0610. The van der Waals surface area contributed by atoms with Crippen molar-refractivity contribution in [2.45, 2.75) is 0 Å². The summed E-state index contributed by atoms with van der Waals surface area (Å²) in [6.45, 7) is 0. The number of halogens is 1. The molecular formula is C12H13ClN2O2. The lowest BCUT2D eigenvalue weighted by atomic mass is 10.3. The van der Waals surface area contributed by atoms with E-state index in [0.29, 0.717) is 11.4 Å². The monoisotopic (exact) mass is 252 g/mol. The molecule has 0 aliphatic rings. The van der Waals surface area contributed by atoms with Crippen LogP contribution in [0.25, 0.3) is 0 Å². The number of aromatic hydroxyl groups is 2. The lowest BCUT2D eigenvalue weighted by molar-refractivity contribution is 0.475. The van der Waals surface area contributed by atoms with E-state index in [2.05, 4.69) is 0 Å². The highest BCUT2D eigenvalue weighted by Crippen LogP contribution is 2.24. The molecule has 0 saturated carbocycles. The first-order chi connectivity index (χ1) is 7.99. The van der Waals surface area contributed by atoms with Gasteiger partial charge in [-0.2, -0.15) is 0 Å². The minimum absolute atomic E-state index is 0.0610. The maximum absolute atomic E-state index is 8.86. The van der Waals surface area contributed by atoms with Crippen molar-refractivity contribution < 1.29 is 10.2 Å². The standard InChI is InChI=1S/C6H6ClNO.C6H7NO/c7-5-3-4(8)1-2-6(5)9;7-5-1-3-6(8)4-2-5/h1-3,9H,8H2;1-4,8H,7H2. The number of nitrogen functional groups attached to an aromatic ring is 2. The largest absolute Gasteiger partial charge is 0.508 e. The van der Waals surface area contributed by atoms with E-state index in [9.17, 15) is 0 Å². The molecule has 0 bridgehead atoms. The van der Waals surface area contributed by atoms with Gasteiger partial charge in [0.1, 0.15) is 11.5 Å². The summed E-state index contributed by atoms with van der Waals surface area (Å²) in [5.74, 6) is 0.310. The van der Waals surface area contributed by atoms with Crippen LogP contribution in [0.1, 0.15) is 0 Å². The number of rotatable bonds is 0. The summed E-state index contributed by atoms with van der Waals surface area (Å²) in [5.41, 5.74) is 11.9. The fourth-order valence-electron chi connectivity index (χ4n) is 0.997. The van der Waals surface area contributed by atoms with Crippen molar-refractivity contribution in [1.82, 2.24) is 0 Å². The number of hydrogen-bond donors (Lipinski definition) is 4. The van der Waals surface area contributed by atoms with Gasteiger partial charge in [-0.25, -0.2) is 0 Å². The van der Waals surface area contributed by atoms with Crippen LogP contribution in [0.4, 0.5) is 11.4 Å². The van der Waals surface area contributed by atoms with Crippen molar-refractivity contribution in [2.24, 2.45) is 0 Å². The molecule has 0 radical (unpaired) electrons. The topological polar surface area (TPSA) is 92.5 Å². The van der Waals surface area contributed by atoms with Gasteiger partial charge in [0.05, 0.1) is 5.02 Å². The highest BCUT2D eigenvalue weighted by molar-refractivity contribution is 6.32. The number of anilines is 2. The molecule has 0 amide bonds. The summed E-state index contributed by atoms with van der Waals surface area (Å²) in [4.78, 5) is 0. The van der Waals surface area contributed by atoms with Gasteiger partial charge in [0.15, 0.2) is 0 Å². The average molecular weight is 253 g/mol. The molecule has 0 fully saturated rings. The van der Waals surface area contributed by atoms with Crippen LogP contribution < -0.4 is 11.5 Å². The number of benzene rings is 2. The van der Waals surface area contributed by atoms with E-state index in [-0.39, 0.29) is 16.5 Å². The maximum Gasteiger partial charge on any atom is 0.134 e. The van der Waals surface area contributed by atoms with E-state index in [1.807, 2.05) is 0 Å². The minimum Gasteiger partial charge on any atom is -0.508 e. The Labute approximate surface area is 104 Å². The molecule has 2 aromatic rings. The van der Waals surface area contributed by atoms with Crippen LogP contribution in [0.3, 0.4) is 0 Å². The quantitative estimate of drug-likeness (QED) is 0.428. The molecule has 2 aromatic carbocycles. The fraction of sp³-hybridized carbons (Fsp3) is 0. The fourth-order valence-corrected chi connectivity index (χ4v) is 1.19. The molecule has 0 spiro atoms. The van der Waals surface area contributed by atoms with Crippen molar-refractivity contribution in [3.8, 4) is 11.5 Å². The van der Waals surface area contributed by atoms with Crippen LogP contribution in [0.2, 0.25) is 5.02 Å². The summed E-state index contributed by atoms with van der Waals surface area (Å²) in [7, 11) is 0. The molecule has 17 heavy (non-hydrogen) atoms. The highest BCUT2D eigenvalue weighted by Gasteiger charge is 1.94. The zero-order valence-corrected chi connectivity index (χ0v) is 9.72. The van der Waals surface area contributed by atoms with E-state index in [0.717, 1.165) is 0 Å². The smallest absolute Gasteiger partial charge is 0.134 e. The van der Waals surface area contributed by atoms with Gasteiger partial charge in [-0.1, -0.05) is 11.6 Å². The molecule has 2 rings (SSSR count). The average Bonchev–Trinajstić information content (AvgIpc) is 2.29. The van der Waals surface area contributed by atoms with Crippen LogP contribution in [0, 0.1) is 0 Å². The van der Waals surface area contributed by atoms with E-state index in [4.69, 9.17) is 33.3 Å². The van der Waals surface area contributed by atoms with Crippen LogP contribution in [0.15, 0.2) is 42.5 Å². The summed E-state index contributed by atoms with van der Waals surface area (Å²) >= 11 is 5.48. The Morgan fingerprint density at radius 1 is 0.824 bits per heavy atom. The van der Waals surface area contributed by atoms with Gasteiger partial charge in [0.25, 0.3) is 0 Å². The van der Waals surface area contributed by atoms with Gasteiger partial charge in [-0.3, -0.25) is 0 Å². The van der Waals surface area contributed by atoms with Crippen LogP contribution in [-0.2, 0) is 0 Å². The van der Waals surface area contributed by atoms with Crippen molar-refractivity contribution in [3.05, 3.63) is 47.5 Å². The molecule has 0 aliphatic heterocycles. The number of phenolic OH excluding ortho intramolecular Hbond substituents is 2. The summed E-state index contributed by atoms with van der Waals surface area (Å²) in [5, 5.41) is 17.8. The van der Waals surface area contributed by atoms with E-state index >= 15 is 0 Å². The second kappa shape index (κ2) is 5.86. The van der Waals surface area contributed by atoms with Gasteiger partial charge in [-0.05, 0) is 42.5 Å². The third-order valence-corrected chi connectivity index (χ3v) is 2.17. The third-order valence-electron chi connectivity index (χ3n) is 1.86. The first kappa shape index (κ1) is 13.0. The first-order valence-corrected chi connectivity index (χ1v) is 5.15. The second-order valence-electron chi connectivity index (χ2n) is 3.30. The zero-order chi connectivity index (χ0) is 12.8. The number of nitrogens with two attached hydrogens (primary N) is 2. The SMILES string of the molecule is Nc1ccc(O)c(Cl)c1.Nc1ccc(O)cc1. The predicted octanol–water partition coefficient (Wildman–Crippen LogP) is 2.60. The first-order valence-electron chi connectivity index (χ1n) is 4.77. The zero-order valence-electron chi connectivity index (χ0n) is 8.97. The van der Waals surface area contributed by atoms with Crippen molar-refractivity contribution >= 4 is 23.0 Å². The van der Waals surface area contributed by atoms with Crippen molar-refractivity contribution in [1.29, 1.82) is 0 Å². The summed E-state index contributed by atoms with van der Waals surface area (Å²) in [6.07, 6.45) is 0. The van der Waals surface area contributed by atoms with E-state index < -0.39 is 0 Å². The predicted molar refractivity (Wildman–Crippen MR) is 70.0 cm³/mol. The molecule has 90 valence electrons. The van der Waals surface area contributed by atoms with Crippen LogP contribution >= 0.6 is 11.6 Å².